The molecule has 3 heteroatoms. The van der Waals surface area contributed by atoms with Crippen LogP contribution in [-0.4, -0.2) is 11.9 Å². The Labute approximate surface area is 87.8 Å². The molecule has 2 rings (SSSR count). The summed E-state index contributed by atoms with van der Waals surface area (Å²) in [6.45, 7) is 0. The molecular weight excluding hydrogens is 193 g/mol. The lowest BCUT2D eigenvalue weighted by Gasteiger charge is -1.96. The van der Waals surface area contributed by atoms with Crippen molar-refractivity contribution in [1.29, 1.82) is 0 Å². The molecule has 1 fully saturated rings. The van der Waals surface area contributed by atoms with Crippen LogP contribution in [0.5, 0.6) is 0 Å². The number of hydrogen-bond donors (Lipinski definition) is 1. The molecule has 1 aromatic rings. The average Bonchev–Trinajstić information content (AvgIpc) is 3.01. The first kappa shape index (κ1) is 9.90. The molecule has 0 unspecified atom stereocenters. The Morgan fingerprint density at radius 1 is 1.33 bits per heavy atom. The summed E-state index contributed by atoms with van der Waals surface area (Å²) in [7, 11) is 0. The number of nitrogens with one attached hydrogen (secondary N) is 1. The van der Waals surface area contributed by atoms with Crippen molar-refractivity contribution in [3.63, 3.8) is 0 Å². The van der Waals surface area contributed by atoms with Gasteiger partial charge in [0.2, 0.25) is 5.91 Å². The average molecular weight is 205 g/mol. The maximum atomic E-state index is 12.6. The zero-order valence-electron chi connectivity index (χ0n) is 8.24. The van der Waals surface area contributed by atoms with Gasteiger partial charge < -0.3 is 5.32 Å². The topological polar surface area (TPSA) is 29.1 Å². The number of halogens is 1. The van der Waals surface area contributed by atoms with Crippen molar-refractivity contribution in [2.24, 2.45) is 0 Å². The highest BCUT2D eigenvalue weighted by atomic mass is 19.1. The highest BCUT2D eigenvalue weighted by Crippen LogP contribution is 2.18. The molecule has 0 heterocycles. The van der Waals surface area contributed by atoms with Gasteiger partial charge in [-0.3, -0.25) is 4.79 Å². The quantitative estimate of drug-likeness (QED) is 0.752. The molecule has 1 aliphatic rings. The van der Waals surface area contributed by atoms with Crippen molar-refractivity contribution in [3.05, 3.63) is 41.7 Å². The van der Waals surface area contributed by atoms with E-state index in [-0.39, 0.29) is 11.7 Å². The van der Waals surface area contributed by atoms with E-state index in [1.807, 2.05) is 0 Å². The van der Waals surface area contributed by atoms with E-state index >= 15 is 0 Å². The molecule has 1 aromatic carbocycles. The summed E-state index contributed by atoms with van der Waals surface area (Å²) in [4.78, 5) is 11.3. The Morgan fingerprint density at radius 2 is 2.00 bits per heavy atom. The molecule has 15 heavy (non-hydrogen) atoms. The third kappa shape index (κ3) is 3.20. The monoisotopic (exact) mass is 205 g/mol. The minimum atomic E-state index is -0.269. The summed E-state index contributed by atoms with van der Waals surface area (Å²) in [5.41, 5.74) is 0.822. The van der Waals surface area contributed by atoms with Crippen LogP contribution in [0.25, 0.3) is 6.08 Å². The molecule has 0 bridgehead atoms. The van der Waals surface area contributed by atoms with Crippen molar-refractivity contribution in [3.8, 4) is 0 Å². The van der Waals surface area contributed by atoms with Gasteiger partial charge in [-0.15, -0.1) is 0 Å². The van der Waals surface area contributed by atoms with Crippen LogP contribution in [0.3, 0.4) is 0 Å². The van der Waals surface area contributed by atoms with Crippen molar-refractivity contribution < 1.29 is 9.18 Å². The fourth-order valence-corrected chi connectivity index (χ4v) is 1.22. The third-order valence-corrected chi connectivity index (χ3v) is 2.22. The normalized spacial score (nSPS) is 15.5. The van der Waals surface area contributed by atoms with E-state index in [0.29, 0.717) is 6.04 Å². The third-order valence-electron chi connectivity index (χ3n) is 2.22. The van der Waals surface area contributed by atoms with Crippen LogP contribution in [0.2, 0.25) is 0 Å². The van der Waals surface area contributed by atoms with Gasteiger partial charge in [0.05, 0.1) is 0 Å². The van der Waals surface area contributed by atoms with Crippen LogP contribution in [0.4, 0.5) is 4.39 Å². The summed E-state index contributed by atoms with van der Waals surface area (Å²) in [6, 6.07) is 6.39. The van der Waals surface area contributed by atoms with E-state index in [4.69, 9.17) is 0 Å². The Balaban J connectivity index is 1.91. The second-order valence-electron chi connectivity index (χ2n) is 3.67. The second-order valence-corrected chi connectivity index (χ2v) is 3.67. The fraction of sp³-hybridized carbons (Fsp3) is 0.250. The molecule has 0 atom stereocenters. The van der Waals surface area contributed by atoms with Crippen molar-refractivity contribution in [2.45, 2.75) is 18.9 Å². The first-order chi connectivity index (χ1) is 7.24. The van der Waals surface area contributed by atoms with Gasteiger partial charge in [-0.25, -0.2) is 4.39 Å². The summed E-state index contributed by atoms with van der Waals surface area (Å²) in [6.07, 6.45) is 5.31. The van der Waals surface area contributed by atoms with E-state index in [9.17, 15) is 9.18 Å². The number of amides is 1. The van der Waals surface area contributed by atoms with Crippen LogP contribution < -0.4 is 5.32 Å². The van der Waals surface area contributed by atoms with Crippen molar-refractivity contribution in [1.82, 2.24) is 5.32 Å². The van der Waals surface area contributed by atoms with Gasteiger partial charge in [0.15, 0.2) is 0 Å². The van der Waals surface area contributed by atoms with Gasteiger partial charge in [-0.05, 0) is 36.6 Å². The smallest absolute Gasteiger partial charge is 0.244 e. The lowest BCUT2D eigenvalue weighted by Crippen LogP contribution is -2.22. The summed E-state index contributed by atoms with van der Waals surface area (Å²) < 4.78 is 12.6. The molecule has 1 saturated carbocycles. The molecule has 0 aliphatic heterocycles. The standard InChI is InChI=1S/C12H12FNO/c13-10-4-1-9(2-5-10)3-8-12(15)14-11-6-7-11/h1-5,8,11H,6-7H2,(H,14,15)/b8-3+. The lowest BCUT2D eigenvalue weighted by atomic mass is 10.2. The molecule has 0 radical (unpaired) electrons. The largest absolute Gasteiger partial charge is 0.350 e. The van der Waals surface area contributed by atoms with E-state index < -0.39 is 0 Å². The molecule has 1 N–H and O–H groups in total. The van der Waals surface area contributed by atoms with Crippen molar-refractivity contribution >= 4 is 12.0 Å². The number of rotatable bonds is 3. The van der Waals surface area contributed by atoms with Gasteiger partial charge in [-0.2, -0.15) is 0 Å². The lowest BCUT2D eigenvalue weighted by molar-refractivity contribution is -0.116. The first-order valence-electron chi connectivity index (χ1n) is 4.98. The SMILES string of the molecule is O=C(/C=C/c1ccc(F)cc1)NC1CC1. The van der Waals surface area contributed by atoms with Gasteiger partial charge in [-0.1, -0.05) is 12.1 Å². The fourth-order valence-electron chi connectivity index (χ4n) is 1.22. The highest BCUT2D eigenvalue weighted by Gasteiger charge is 2.21. The maximum absolute atomic E-state index is 12.6. The van der Waals surface area contributed by atoms with Crippen LogP contribution in [-0.2, 0) is 4.79 Å². The van der Waals surface area contributed by atoms with Crippen LogP contribution >= 0.6 is 0 Å². The van der Waals surface area contributed by atoms with E-state index in [1.54, 1.807) is 18.2 Å². The number of carbonyl (C=O) groups excluding carboxylic acids is 1. The van der Waals surface area contributed by atoms with Gasteiger partial charge >= 0.3 is 0 Å². The van der Waals surface area contributed by atoms with Crippen LogP contribution in [0.15, 0.2) is 30.3 Å². The molecule has 0 spiro atoms. The van der Waals surface area contributed by atoms with Crippen LogP contribution in [0, 0.1) is 5.82 Å². The number of carbonyl (C=O) groups is 1. The number of benzene rings is 1. The first-order valence-corrected chi connectivity index (χ1v) is 4.98. The molecule has 2 nitrogen and oxygen atoms in total. The van der Waals surface area contributed by atoms with Gasteiger partial charge in [0.1, 0.15) is 5.82 Å². The Hall–Kier alpha value is -1.64. The summed E-state index contributed by atoms with van der Waals surface area (Å²) in [5.74, 6) is -0.351. The van der Waals surface area contributed by atoms with E-state index in [1.165, 1.54) is 18.2 Å². The van der Waals surface area contributed by atoms with E-state index in [2.05, 4.69) is 5.32 Å². The van der Waals surface area contributed by atoms with Crippen LogP contribution in [0.1, 0.15) is 18.4 Å². The minimum Gasteiger partial charge on any atom is -0.350 e. The Kier molecular flexibility index (Phi) is 2.81. The Bertz CT molecular complexity index is 379. The minimum absolute atomic E-state index is 0.0816. The maximum Gasteiger partial charge on any atom is 0.244 e. The molecule has 78 valence electrons. The second kappa shape index (κ2) is 4.26. The van der Waals surface area contributed by atoms with E-state index in [0.717, 1.165) is 18.4 Å². The predicted octanol–water partition coefficient (Wildman–Crippen LogP) is 2.12. The number of hydrogen-bond acceptors (Lipinski definition) is 1. The van der Waals surface area contributed by atoms with Gasteiger partial charge in [0, 0.05) is 12.1 Å². The molecule has 0 aromatic heterocycles. The zero-order chi connectivity index (χ0) is 10.7. The zero-order valence-corrected chi connectivity index (χ0v) is 8.24. The predicted molar refractivity (Wildman–Crippen MR) is 56.6 cm³/mol. The molecular formula is C12H12FNO. The summed E-state index contributed by atoms with van der Waals surface area (Å²) >= 11 is 0. The molecule has 1 aliphatic carbocycles. The molecule has 0 saturated heterocycles. The highest BCUT2D eigenvalue weighted by molar-refractivity contribution is 5.92. The molecule has 1 amide bonds. The Morgan fingerprint density at radius 3 is 2.60 bits per heavy atom. The summed E-state index contributed by atoms with van der Waals surface area (Å²) in [5, 5.41) is 2.84. The van der Waals surface area contributed by atoms with Gasteiger partial charge in [0.25, 0.3) is 0 Å². The van der Waals surface area contributed by atoms with Crippen molar-refractivity contribution in [2.75, 3.05) is 0 Å².